The highest BCUT2D eigenvalue weighted by Gasteiger charge is 2.20. The molecule has 9 heteroatoms. The molecule has 3 rings (SSSR count). The Bertz CT molecular complexity index is 966. The Morgan fingerprint density at radius 2 is 1.90 bits per heavy atom. The molecule has 0 spiro atoms. The highest BCUT2D eigenvalue weighted by atomic mass is 32.2. The molecule has 29 heavy (non-hydrogen) atoms. The zero-order valence-corrected chi connectivity index (χ0v) is 16.7. The van der Waals surface area contributed by atoms with E-state index in [1.807, 2.05) is 6.92 Å². The minimum absolute atomic E-state index is 0.0649. The second-order valence-electron chi connectivity index (χ2n) is 6.00. The SMILES string of the molecule is CCN(C(=O)CSc1nnc(C(C)Oc2ccccc2F)o1)c1ccc(F)cc1. The van der Waals surface area contributed by atoms with Crippen molar-refractivity contribution in [3.63, 3.8) is 0 Å². The molecule has 0 saturated heterocycles. The number of anilines is 1. The van der Waals surface area contributed by atoms with Crippen LogP contribution in [-0.4, -0.2) is 28.4 Å². The molecule has 0 radical (unpaired) electrons. The first-order valence-electron chi connectivity index (χ1n) is 8.91. The molecule has 1 heterocycles. The minimum atomic E-state index is -0.657. The highest BCUT2D eigenvalue weighted by molar-refractivity contribution is 7.99. The van der Waals surface area contributed by atoms with Crippen LogP contribution in [-0.2, 0) is 4.79 Å². The third-order valence-electron chi connectivity index (χ3n) is 3.98. The van der Waals surface area contributed by atoms with Gasteiger partial charge < -0.3 is 14.1 Å². The van der Waals surface area contributed by atoms with Crippen molar-refractivity contribution in [1.82, 2.24) is 10.2 Å². The number of carbonyl (C=O) groups is 1. The van der Waals surface area contributed by atoms with E-state index >= 15 is 0 Å². The molecule has 1 aromatic heterocycles. The zero-order valence-electron chi connectivity index (χ0n) is 15.8. The molecule has 1 amide bonds. The molecule has 0 aliphatic rings. The van der Waals surface area contributed by atoms with Crippen LogP contribution in [0.1, 0.15) is 25.8 Å². The Morgan fingerprint density at radius 3 is 2.59 bits per heavy atom. The standard InChI is InChI=1S/C20H19F2N3O3S/c1-3-25(15-10-8-14(21)9-11-15)18(26)12-29-20-24-23-19(28-20)13(2)27-17-7-5-4-6-16(17)22/h4-11,13H,3,12H2,1-2H3. The van der Waals surface area contributed by atoms with Gasteiger partial charge in [0.15, 0.2) is 17.7 Å². The van der Waals surface area contributed by atoms with E-state index in [1.54, 1.807) is 31.2 Å². The van der Waals surface area contributed by atoms with Gasteiger partial charge in [-0.1, -0.05) is 23.9 Å². The molecule has 6 nitrogen and oxygen atoms in total. The maximum Gasteiger partial charge on any atom is 0.277 e. The average molecular weight is 419 g/mol. The maximum atomic E-state index is 13.7. The second-order valence-corrected chi connectivity index (χ2v) is 6.93. The van der Waals surface area contributed by atoms with Gasteiger partial charge in [-0.05, 0) is 50.2 Å². The number of aromatic nitrogens is 2. The summed E-state index contributed by atoms with van der Waals surface area (Å²) in [6.07, 6.45) is -0.657. The number of benzene rings is 2. The third-order valence-corrected chi connectivity index (χ3v) is 4.79. The van der Waals surface area contributed by atoms with Crippen molar-refractivity contribution in [2.75, 3.05) is 17.2 Å². The number of para-hydroxylation sites is 1. The summed E-state index contributed by atoms with van der Waals surface area (Å²) in [6.45, 7) is 3.93. The van der Waals surface area contributed by atoms with Crippen LogP contribution in [0.5, 0.6) is 5.75 Å². The van der Waals surface area contributed by atoms with E-state index in [4.69, 9.17) is 9.15 Å². The van der Waals surface area contributed by atoms with E-state index in [0.717, 1.165) is 11.8 Å². The minimum Gasteiger partial charge on any atom is -0.478 e. The van der Waals surface area contributed by atoms with Gasteiger partial charge in [-0.2, -0.15) is 0 Å². The van der Waals surface area contributed by atoms with Gasteiger partial charge in [0.1, 0.15) is 5.82 Å². The largest absolute Gasteiger partial charge is 0.478 e. The lowest BCUT2D eigenvalue weighted by Crippen LogP contribution is -2.32. The number of ether oxygens (including phenoxy) is 1. The number of nitrogens with zero attached hydrogens (tertiary/aromatic N) is 3. The fourth-order valence-electron chi connectivity index (χ4n) is 2.55. The number of hydrogen-bond donors (Lipinski definition) is 0. The van der Waals surface area contributed by atoms with E-state index in [9.17, 15) is 13.6 Å². The summed E-state index contributed by atoms with van der Waals surface area (Å²) in [5, 5.41) is 8.00. The number of halogens is 2. The molecular weight excluding hydrogens is 400 g/mol. The van der Waals surface area contributed by atoms with E-state index in [1.165, 1.54) is 29.2 Å². The van der Waals surface area contributed by atoms with Crippen LogP contribution in [0.3, 0.4) is 0 Å². The van der Waals surface area contributed by atoms with Gasteiger partial charge >= 0.3 is 0 Å². The lowest BCUT2D eigenvalue weighted by Gasteiger charge is -2.20. The van der Waals surface area contributed by atoms with Gasteiger partial charge in [0.25, 0.3) is 11.1 Å². The first-order valence-corrected chi connectivity index (χ1v) is 9.89. The van der Waals surface area contributed by atoms with Crippen molar-refractivity contribution in [3.05, 3.63) is 66.1 Å². The highest BCUT2D eigenvalue weighted by Crippen LogP contribution is 2.26. The van der Waals surface area contributed by atoms with E-state index in [-0.39, 0.29) is 34.3 Å². The summed E-state index contributed by atoms with van der Waals surface area (Å²) < 4.78 is 37.8. The first-order chi connectivity index (χ1) is 14.0. The maximum absolute atomic E-state index is 13.7. The topological polar surface area (TPSA) is 68.5 Å². The third kappa shape index (κ3) is 5.32. The molecule has 3 aromatic rings. The van der Waals surface area contributed by atoms with Crippen LogP contribution in [0.15, 0.2) is 58.2 Å². The Labute approximate surface area is 170 Å². The molecule has 152 valence electrons. The van der Waals surface area contributed by atoms with Gasteiger partial charge in [-0.25, -0.2) is 8.78 Å². The van der Waals surface area contributed by atoms with Crippen LogP contribution in [0.2, 0.25) is 0 Å². The van der Waals surface area contributed by atoms with Crippen molar-refractivity contribution in [2.45, 2.75) is 25.2 Å². The van der Waals surface area contributed by atoms with Crippen LogP contribution in [0, 0.1) is 11.6 Å². The summed E-state index contributed by atoms with van der Waals surface area (Å²) >= 11 is 1.08. The average Bonchev–Trinajstić information content (AvgIpc) is 3.19. The summed E-state index contributed by atoms with van der Waals surface area (Å²) in [5.74, 6) is -0.708. The van der Waals surface area contributed by atoms with E-state index in [2.05, 4.69) is 10.2 Å². The van der Waals surface area contributed by atoms with Gasteiger partial charge in [-0.3, -0.25) is 4.79 Å². The van der Waals surface area contributed by atoms with E-state index < -0.39 is 11.9 Å². The Kier molecular flexibility index (Phi) is 6.82. The molecule has 0 bridgehead atoms. The number of carbonyl (C=O) groups excluding carboxylic acids is 1. The van der Waals surface area contributed by atoms with Crippen molar-refractivity contribution >= 4 is 23.4 Å². The van der Waals surface area contributed by atoms with Crippen molar-refractivity contribution in [1.29, 1.82) is 0 Å². The fraction of sp³-hybridized carbons (Fsp3) is 0.250. The Morgan fingerprint density at radius 1 is 1.17 bits per heavy atom. The number of rotatable bonds is 8. The molecule has 1 unspecified atom stereocenters. The smallest absolute Gasteiger partial charge is 0.277 e. The lowest BCUT2D eigenvalue weighted by molar-refractivity contribution is -0.116. The number of amides is 1. The molecule has 0 fully saturated rings. The molecule has 0 N–H and O–H groups in total. The van der Waals surface area contributed by atoms with Crippen LogP contribution in [0.25, 0.3) is 0 Å². The first kappa shape index (κ1) is 20.8. The van der Waals surface area contributed by atoms with Gasteiger partial charge in [0.2, 0.25) is 5.91 Å². The second kappa shape index (κ2) is 9.51. The molecule has 0 saturated carbocycles. The Hall–Kier alpha value is -2.94. The summed E-state index contributed by atoms with van der Waals surface area (Å²) in [5.41, 5.74) is 0.609. The molecule has 2 aromatic carbocycles. The lowest BCUT2D eigenvalue weighted by atomic mass is 10.3. The van der Waals surface area contributed by atoms with Crippen molar-refractivity contribution in [3.8, 4) is 5.75 Å². The van der Waals surface area contributed by atoms with Gasteiger partial charge in [-0.15, -0.1) is 10.2 Å². The molecular formula is C20H19F2N3O3S. The van der Waals surface area contributed by atoms with Crippen LogP contribution < -0.4 is 9.64 Å². The summed E-state index contributed by atoms with van der Waals surface area (Å²) in [7, 11) is 0. The zero-order chi connectivity index (χ0) is 20.8. The van der Waals surface area contributed by atoms with Gasteiger partial charge in [0, 0.05) is 12.2 Å². The van der Waals surface area contributed by atoms with Crippen molar-refractivity contribution < 1.29 is 22.7 Å². The van der Waals surface area contributed by atoms with E-state index in [0.29, 0.717) is 12.2 Å². The predicted octanol–water partition coefficient (Wildman–Crippen LogP) is 4.63. The predicted molar refractivity (Wildman–Crippen MR) is 105 cm³/mol. The Balaban J connectivity index is 1.58. The fourth-order valence-corrected chi connectivity index (χ4v) is 3.20. The molecule has 0 aliphatic carbocycles. The quantitative estimate of drug-likeness (QED) is 0.496. The van der Waals surface area contributed by atoms with Gasteiger partial charge in [0.05, 0.1) is 5.75 Å². The monoisotopic (exact) mass is 419 g/mol. The normalized spacial score (nSPS) is 11.9. The molecule has 1 atom stereocenters. The number of thioether (sulfide) groups is 1. The summed E-state index contributed by atoms with van der Waals surface area (Å²) in [6, 6.07) is 11.7. The molecule has 0 aliphatic heterocycles. The van der Waals surface area contributed by atoms with Crippen LogP contribution >= 0.6 is 11.8 Å². The van der Waals surface area contributed by atoms with Crippen molar-refractivity contribution in [2.24, 2.45) is 0 Å². The summed E-state index contributed by atoms with van der Waals surface area (Å²) in [4.78, 5) is 14.0. The number of hydrogen-bond acceptors (Lipinski definition) is 6. The van der Waals surface area contributed by atoms with Crippen LogP contribution in [0.4, 0.5) is 14.5 Å².